The minimum absolute atomic E-state index is 0.0804. The Morgan fingerprint density at radius 3 is 3.10 bits per heavy atom. The fourth-order valence-corrected chi connectivity index (χ4v) is 2.24. The van der Waals surface area contributed by atoms with Crippen molar-refractivity contribution in [3.63, 3.8) is 0 Å². The summed E-state index contributed by atoms with van der Waals surface area (Å²) >= 11 is 0. The van der Waals surface area contributed by atoms with Crippen LogP contribution in [0.4, 0.5) is 0 Å². The molecule has 106 valence electrons. The van der Waals surface area contributed by atoms with E-state index in [4.69, 9.17) is 4.74 Å². The summed E-state index contributed by atoms with van der Waals surface area (Å²) in [7, 11) is 0. The topological polar surface area (TPSA) is 83.1 Å². The number of carbonyl (C=O) groups is 1. The average molecular weight is 275 g/mol. The number of carbonyl (C=O) groups excluding carboxylic acids is 1. The number of aromatic amines is 1. The Morgan fingerprint density at radius 2 is 2.25 bits per heavy atom. The number of ether oxygens (including phenoxy) is 1. The van der Waals surface area contributed by atoms with E-state index >= 15 is 0 Å². The summed E-state index contributed by atoms with van der Waals surface area (Å²) in [5, 5.41) is 13.3. The molecule has 7 nitrogen and oxygen atoms in total. The predicted molar refractivity (Wildman–Crippen MR) is 73.5 cm³/mol. The first-order valence-electron chi connectivity index (χ1n) is 6.72. The molecule has 1 aromatic heterocycles. The first-order chi connectivity index (χ1) is 9.83. The van der Waals surface area contributed by atoms with Gasteiger partial charge >= 0.3 is 0 Å². The largest absolute Gasteiger partial charge is 0.379 e. The van der Waals surface area contributed by atoms with Crippen LogP contribution in [0, 0.1) is 0 Å². The molecule has 0 radical (unpaired) electrons. The van der Waals surface area contributed by atoms with Crippen molar-refractivity contribution in [2.45, 2.75) is 0 Å². The summed E-state index contributed by atoms with van der Waals surface area (Å²) in [5.74, 6) is -0.0804. The van der Waals surface area contributed by atoms with Crippen LogP contribution in [0.15, 0.2) is 18.2 Å². The quantitative estimate of drug-likeness (QED) is 0.822. The second kappa shape index (κ2) is 5.98. The Hall–Kier alpha value is -1.99. The highest BCUT2D eigenvalue weighted by Gasteiger charge is 2.11. The fourth-order valence-electron chi connectivity index (χ4n) is 2.24. The van der Waals surface area contributed by atoms with Gasteiger partial charge in [-0.3, -0.25) is 14.8 Å². The van der Waals surface area contributed by atoms with E-state index in [9.17, 15) is 4.79 Å². The van der Waals surface area contributed by atoms with Crippen LogP contribution in [0.3, 0.4) is 0 Å². The lowest BCUT2D eigenvalue weighted by Gasteiger charge is -2.26. The molecular weight excluding hydrogens is 258 g/mol. The summed E-state index contributed by atoms with van der Waals surface area (Å²) in [6, 6.07) is 5.32. The van der Waals surface area contributed by atoms with Gasteiger partial charge in [0.2, 0.25) is 0 Å². The predicted octanol–water partition coefficient (Wildman–Crippen LogP) is 0.0199. The molecule has 1 aromatic carbocycles. The number of nitrogens with one attached hydrogen (secondary N) is 2. The molecule has 0 aliphatic carbocycles. The highest BCUT2D eigenvalue weighted by atomic mass is 16.5. The molecule has 1 aliphatic heterocycles. The number of benzene rings is 1. The second-order valence-electron chi connectivity index (χ2n) is 4.75. The highest BCUT2D eigenvalue weighted by molar-refractivity contribution is 5.97. The molecule has 2 N–H and O–H groups in total. The number of morpholine rings is 1. The molecule has 20 heavy (non-hydrogen) atoms. The van der Waals surface area contributed by atoms with Crippen LogP contribution in [0.1, 0.15) is 10.4 Å². The molecule has 0 spiro atoms. The lowest BCUT2D eigenvalue weighted by Crippen LogP contribution is -2.41. The van der Waals surface area contributed by atoms with Crippen molar-refractivity contribution < 1.29 is 9.53 Å². The molecule has 0 bridgehead atoms. The van der Waals surface area contributed by atoms with Gasteiger partial charge in [-0.25, -0.2) is 0 Å². The van der Waals surface area contributed by atoms with Gasteiger partial charge in [0.25, 0.3) is 5.91 Å². The number of aromatic nitrogens is 3. The summed E-state index contributed by atoms with van der Waals surface area (Å²) in [4.78, 5) is 14.3. The lowest BCUT2D eigenvalue weighted by molar-refractivity contribution is 0.0383. The third-order valence-electron chi connectivity index (χ3n) is 3.41. The van der Waals surface area contributed by atoms with Crippen molar-refractivity contribution in [3.8, 4) is 0 Å². The fraction of sp³-hybridized carbons (Fsp3) is 0.462. The number of hydrogen-bond acceptors (Lipinski definition) is 5. The van der Waals surface area contributed by atoms with Gasteiger partial charge in [-0.15, -0.1) is 5.10 Å². The SMILES string of the molecule is O=C(NCCN1CCOCC1)c1ccc2[nH]nnc2c1. The summed E-state index contributed by atoms with van der Waals surface area (Å²) in [5.41, 5.74) is 2.13. The maximum absolute atomic E-state index is 12.0. The third-order valence-corrected chi connectivity index (χ3v) is 3.41. The number of H-pyrrole nitrogens is 1. The van der Waals surface area contributed by atoms with Crippen LogP contribution < -0.4 is 5.32 Å². The van der Waals surface area contributed by atoms with Gasteiger partial charge in [0.15, 0.2) is 0 Å². The van der Waals surface area contributed by atoms with E-state index in [0.717, 1.165) is 38.4 Å². The Labute approximate surface area is 116 Å². The molecule has 7 heteroatoms. The van der Waals surface area contributed by atoms with E-state index in [0.29, 0.717) is 17.6 Å². The minimum atomic E-state index is -0.0804. The normalized spacial score (nSPS) is 16.4. The molecular formula is C13H17N5O2. The summed E-state index contributed by atoms with van der Waals surface area (Å²) in [6.07, 6.45) is 0. The first-order valence-corrected chi connectivity index (χ1v) is 6.72. The lowest BCUT2D eigenvalue weighted by atomic mass is 10.2. The van der Waals surface area contributed by atoms with Crippen LogP contribution in [-0.4, -0.2) is 65.6 Å². The first kappa shape index (κ1) is 13.0. The molecule has 2 aromatic rings. The zero-order chi connectivity index (χ0) is 13.8. The Kier molecular flexibility index (Phi) is 3.89. The molecule has 1 amide bonds. The van der Waals surface area contributed by atoms with E-state index in [-0.39, 0.29) is 5.91 Å². The van der Waals surface area contributed by atoms with Gasteiger partial charge in [-0.05, 0) is 18.2 Å². The Balaban J connectivity index is 1.53. The van der Waals surface area contributed by atoms with Gasteiger partial charge in [0.1, 0.15) is 5.52 Å². The van der Waals surface area contributed by atoms with Crippen LogP contribution in [-0.2, 0) is 4.74 Å². The van der Waals surface area contributed by atoms with Crippen LogP contribution >= 0.6 is 0 Å². The smallest absolute Gasteiger partial charge is 0.251 e. The van der Waals surface area contributed by atoms with Gasteiger partial charge in [-0.1, -0.05) is 5.21 Å². The number of amides is 1. The van der Waals surface area contributed by atoms with Gasteiger partial charge in [0, 0.05) is 31.7 Å². The highest BCUT2D eigenvalue weighted by Crippen LogP contribution is 2.10. The van der Waals surface area contributed by atoms with E-state index in [2.05, 4.69) is 25.6 Å². The Morgan fingerprint density at radius 1 is 1.40 bits per heavy atom. The molecule has 1 saturated heterocycles. The van der Waals surface area contributed by atoms with Crippen molar-refractivity contribution in [2.24, 2.45) is 0 Å². The van der Waals surface area contributed by atoms with Gasteiger partial charge in [-0.2, -0.15) is 0 Å². The molecule has 3 rings (SSSR count). The van der Waals surface area contributed by atoms with Crippen molar-refractivity contribution in [1.82, 2.24) is 25.6 Å². The van der Waals surface area contributed by atoms with Gasteiger partial charge < -0.3 is 10.1 Å². The van der Waals surface area contributed by atoms with Crippen LogP contribution in [0.5, 0.6) is 0 Å². The molecule has 1 aliphatic rings. The zero-order valence-electron chi connectivity index (χ0n) is 11.1. The van der Waals surface area contributed by atoms with Crippen molar-refractivity contribution in [1.29, 1.82) is 0 Å². The maximum atomic E-state index is 12.0. The minimum Gasteiger partial charge on any atom is -0.379 e. The average Bonchev–Trinajstić information content (AvgIpc) is 2.95. The summed E-state index contributed by atoms with van der Waals surface area (Å²) < 4.78 is 5.28. The van der Waals surface area contributed by atoms with E-state index in [1.165, 1.54) is 0 Å². The van der Waals surface area contributed by atoms with E-state index in [1.807, 2.05) is 6.07 Å². The molecule has 0 atom stereocenters. The van der Waals surface area contributed by atoms with Gasteiger partial charge in [0.05, 0.1) is 18.7 Å². The van der Waals surface area contributed by atoms with Crippen LogP contribution in [0.25, 0.3) is 11.0 Å². The Bertz CT molecular complexity index is 591. The monoisotopic (exact) mass is 275 g/mol. The third kappa shape index (κ3) is 2.94. The van der Waals surface area contributed by atoms with Crippen molar-refractivity contribution >= 4 is 16.9 Å². The second-order valence-corrected chi connectivity index (χ2v) is 4.75. The number of fused-ring (bicyclic) bond motifs is 1. The van der Waals surface area contributed by atoms with E-state index < -0.39 is 0 Å². The standard InChI is InChI=1S/C13H17N5O2/c19-13(14-3-4-18-5-7-20-8-6-18)10-1-2-11-12(9-10)16-17-15-11/h1-2,9H,3-8H2,(H,14,19)(H,15,16,17). The zero-order valence-corrected chi connectivity index (χ0v) is 11.1. The number of nitrogens with zero attached hydrogens (tertiary/aromatic N) is 3. The molecule has 2 heterocycles. The summed E-state index contributed by atoms with van der Waals surface area (Å²) in [6.45, 7) is 4.89. The molecule has 1 fully saturated rings. The molecule has 0 saturated carbocycles. The number of rotatable bonds is 4. The molecule has 0 unspecified atom stereocenters. The van der Waals surface area contributed by atoms with Crippen LogP contribution in [0.2, 0.25) is 0 Å². The number of hydrogen-bond donors (Lipinski definition) is 2. The maximum Gasteiger partial charge on any atom is 0.251 e. The van der Waals surface area contributed by atoms with Crippen molar-refractivity contribution in [3.05, 3.63) is 23.8 Å². The van der Waals surface area contributed by atoms with Crippen molar-refractivity contribution in [2.75, 3.05) is 39.4 Å². The van der Waals surface area contributed by atoms with E-state index in [1.54, 1.807) is 12.1 Å².